The second kappa shape index (κ2) is 6.36. The first-order valence-corrected chi connectivity index (χ1v) is 6.45. The Kier molecular flexibility index (Phi) is 4.54. The average molecular weight is 339 g/mol. The Morgan fingerprint density at radius 3 is 2.55 bits per heavy atom. The highest BCUT2D eigenvalue weighted by atomic mass is 79.9. The summed E-state index contributed by atoms with van der Waals surface area (Å²) >= 11 is 3.44. The van der Waals surface area contributed by atoms with E-state index in [1.54, 1.807) is 6.07 Å². The number of amides is 2. The van der Waals surface area contributed by atoms with Crippen LogP contribution >= 0.6 is 15.9 Å². The molecule has 0 atom stereocenters. The quantitative estimate of drug-likeness (QED) is 0.748. The second-order valence-corrected chi connectivity index (χ2v) is 4.73. The third kappa shape index (κ3) is 3.46. The number of aliphatic carboxylic acids is 1. The minimum atomic E-state index is -1.17. The maximum atomic E-state index is 11.6. The molecule has 0 aliphatic rings. The first-order chi connectivity index (χ1) is 9.58. The molecule has 0 radical (unpaired) electrons. The lowest BCUT2D eigenvalue weighted by atomic mass is 10.1. The maximum Gasteiger partial charge on any atom is 0.343 e. The molecule has 0 aliphatic carbocycles. The van der Waals surface area contributed by atoms with Gasteiger partial charge in [0, 0.05) is 9.86 Å². The van der Waals surface area contributed by atoms with Gasteiger partial charge in [0.15, 0.2) is 6.61 Å². The van der Waals surface area contributed by atoms with Crippen LogP contribution in [0.15, 0.2) is 40.9 Å². The molecule has 0 aromatic heterocycles. The summed E-state index contributed by atoms with van der Waals surface area (Å²) < 4.78 is 0.918. The van der Waals surface area contributed by atoms with E-state index in [-0.39, 0.29) is 0 Å². The van der Waals surface area contributed by atoms with Crippen molar-refractivity contribution >= 4 is 44.4 Å². The van der Waals surface area contributed by atoms with Crippen LogP contribution in [0.25, 0.3) is 10.8 Å². The van der Waals surface area contributed by atoms with Gasteiger partial charge in [-0.25, -0.2) is 15.1 Å². The van der Waals surface area contributed by atoms with Crippen LogP contribution in [0.5, 0.6) is 0 Å². The first-order valence-electron chi connectivity index (χ1n) is 5.66. The molecule has 2 aromatic carbocycles. The highest BCUT2D eigenvalue weighted by Crippen LogP contribution is 2.29. The average Bonchev–Trinajstić information content (AvgIpc) is 2.42. The second-order valence-electron chi connectivity index (χ2n) is 3.88. The molecule has 6 nitrogen and oxygen atoms in total. The lowest BCUT2D eigenvalue weighted by molar-refractivity contribution is -0.143. The van der Waals surface area contributed by atoms with E-state index in [1.807, 2.05) is 35.8 Å². The number of hydrogen-bond acceptors (Lipinski definition) is 3. The van der Waals surface area contributed by atoms with Crippen molar-refractivity contribution in [2.75, 3.05) is 11.9 Å². The van der Waals surface area contributed by atoms with Gasteiger partial charge in [0.25, 0.3) is 0 Å². The summed E-state index contributed by atoms with van der Waals surface area (Å²) in [4.78, 5) is 26.3. The van der Waals surface area contributed by atoms with Crippen molar-refractivity contribution in [3.63, 3.8) is 0 Å². The van der Waals surface area contributed by atoms with Crippen LogP contribution in [-0.4, -0.2) is 23.7 Å². The Labute approximate surface area is 122 Å². The number of urea groups is 1. The fourth-order valence-electron chi connectivity index (χ4n) is 1.68. The van der Waals surface area contributed by atoms with Gasteiger partial charge < -0.3 is 10.4 Å². The number of benzene rings is 2. The molecule has 2 rings (SSSR count). The van der Waals surface area contributed by atoms with Crippen molar-refractivity contribution in [3.8, 4) is 0 Å². The highest BCUT2D eigenvalue weighted by Gasteiger charge is 2.08. The van der Waals surface area contributed by atoms with Gasteiger partial charge in [-0.1, -0.05) is 40.2 Å². The van der Waals surface area contributed by atoms with Crippen molar-refractivity contribution in [1.82, 2.24) is 5.48 Å². The zero-order valence-electron chi connectivity index (χ0n) is 10.2. The smallest absolute Gasteiger partial charge is 0.343 e. The largest absolute Gasteiger partial charge is 0.479 e. The van der Waals surface area contributed by atoms with Gasteiger partial charge in [-0.3, -0.25) is 4.84 Å². The third-order valence-electron chi connectivity index (χ3n) is 2.48. The highest BCUT2D eigenvalue weighted by molar-refractivity contribution is 9.10. The molecule has 20 heavy (non-hydrogen) atoms. The molecule has 0 aliphatic heterocycles. The van der Waals surface area contributed by atoms with E-state index in [4.69, 9.17) is 5.11 Å². The molecule has 0 saturated carbocycles. The van der Waals surface area contributed by atoms with E-state index in [0.717, 1.165) is 15.2 Å². The Hall–Kier alpha value is -2.12. The lowest BCUT2D eigenvalue weighted by Crippen LogP contribution is -2.30. The van der Waals surface area contributed by atoms with E-state index in [9.17, 15) is 9.59 Å². The Morgan fingerprint density at radius 2 is 1.85 bits per heavy atom. The lowest BCUT2D eigenvalue weighted by Gasteiger charge is -2.10. The Morgan fingerprint density at radius 1 is 1.15 bits per heavy atom. The van der Waals surface area contributed by atoms with Gasteiger partial charge in [0.1, 0.15) is 0 Å². The van der Waals surface area contributed by atoms with Crippen LogP contribution in [0.3, 0.4) is 0 Å². The normalized spacial score (nSPS) is 10.2. The van der Waals surface area contributed by atoms with E-state index >= 15 is 0 Å². The molecular formula is C13H11BrN2O4. The van der Waals surface area contributed by atoms with Crippen molar-refractivity contribution in [2.24, 2.45) is 0 Å². The number of hydrogen-bond donors (Lipinski definition) is 3. The third-order valence-corrected chi connectivity index (χ3v) is 3.17. The number of nitrogens with one attached hydrogen (secondary N) is 2. The molecule has 0 saturated heterocycles. The molecule has 0 bridgehead atoms. The maximum absolute atomic E-state index is 11.6. The number of anilines is 1. The molecule has 2 aromatic rings. The number of carbonyl (C=O) groups is 2. The summed E-state index contributed by atoms with van der Waals surface area (Å²) in [6, 6.07) is 10.5. The predicted molar refractivity (Wildman–Crippen MR) is 77.4 cm³/mol. The SMILES string of the molecule is O=C(O)CONC(=O)Nc1ccc(Br)c2ccccc12. The zero-order valence-corrected chi connectivity index (χ0v) is 11.8. The molecule has 0 spiro atoms. The number of rotatable bonds is 4. The molecule has 2 amide bonds. The molecule has 3 N–H and O–H groups in total. The topological polar surface area (TPSA) is 87.7 Å². The van der Waals surface area contributed by atoms with Crippen LogP contribution in [0.2, 0.25) is 0 Å². The predicted octanol–water partition coefficient (Wildman–Crippen LogP) is 2.74. The molecule has 104 valence electrons. The number of halogens is 1. The van der Waals surface area contributed by atoms with Crippen LogP contribution < -0.4 is 10.8 Å². The number of carbonyl (C=O) groups excluding carboxylic acids is 1. The summed E-state index contributed by atoms with van der Waals surface area (Å²) in [5, 5.41) is 12.8. The summed E-state index contributed by atoms with van der Waals surface area (Å²) in [7, 11) is 0. The Balaban J connectivity index is 2.12. The minimum absolute atomic E-state index is 0.597. The molecule has 0 fully saturated rings. The van der Waals surface area contributed by atoms with E-state index in [2.05, 4.69) is 26.1 Å². The molecular weight excluding hydrogens is 328 g/mol. The van der Waals surface area contributed by atoms with Crippen molar-refractivity contribution < 1.29 is 19.5 Å². The number of carboxylic acids is 1. The van der Waals surface area contributed by atoms with Gasteiger partial charge in [-0.05, 0) is 17.5 Å². The monoisotopic (exact) mass is 338 g/mol. The summed E-state index contributed by atoms with van der Waals surface area (Å²) in [6.45, 7) is -0.603. The summed E-state index contributed by atoms with van der Waals surface area (Å²) in [5.74, 6) is -1.17. The summed E-state index contributed by atoms with van der Waals surface area (Å²) in [5.41, 5.74) is 2.60. The molecule has 7 heteroatoms. The fraction of sp³-hybridized carbons (Fsp3) is 0.0769. The van der Waals surface area contributed by atoms with Gasteiger partial charge in [-0.15, -0.1) is 0 Å². The zero-order chi connectivity index (χ0) is 14.5. The van der Waals surface area contributed by atoms with Gasteiger partial charge in [0.05, 0.1) is 5.69 Å². The van der Waals surface area contributed by atoms with Crippen LogP contribution in [0.4, 0.5) is 10.5 Å². The number of fused-ring (bicyclic) bond motifs is 1. The Bertz CT molecular complexity index is 660. The fourth-order valence-corrected chi connectivity index (χ4v) is 2.16. The van der Waals surface area contributed by atoms with Gasteiger partial charge in [0.2, 0.25) is 0 Å². The first kappa shape index (κ1) is 14.3. The van der Waals surface area contributed by atoms with Gasteiger partial charge in [-0.2, -0.15) is 0 Å². The number of carboxylic acid groups (broad SMARTS) is 1. The van der Waals surface area contributed by atoms with Crippen LogP contribution in [0.1, 0.15) is 0 Å². The van der Waals surface area contributed by atoms with Gasteiger partial charge >= 0.3 is 12.0 Å². The van der Waals surface area contributed by atoms with E-state index in [1.165, 1.54) is 0 Å². The number of hydroxylamine groups is 1. The van der Waals surface area contributed by atoms with Crippen molar-refractivity contribution in [2.45, 2.75) is 0 Å². The van der Waals surface area contributed by atoms with E-state index < -0.39 is 18.6 Å². The molecule has 0 unspecified atom stereocenters. The molecule has 0 heterocycles. The standard InChI is InChI=1S/C13H11BrN2O4/c14-10-5-6-11(9-4-2-1-3-8(9)10)15-13(19)16-20-7-12(17)18/h1-6H,7H2,(H,17,18)(H2,15,16,19). The van der Waals surface area contributed by atoms with Crippen molar-refractivity contribution in [3.05, 3.63) is 40.9 Å². The van der Waals surface area contributed by atoms with E-state index in [0.29, 0.717) is 5.69 Å². The minimum Gasteiger partial charge on any atom is -0.479 e. The van der Waals surface area contributed by atoms with Crippen LogP contribution in [0, 0.1) is 0 Å². The van der Waals surface area contributed by atoms with Crippen molar-refractivity contribution in [1.29, 1.82) is 0 Å². The summed E-state index contributed by atoms with van der Waals surface area (Å²) in [6.07, 6.45) is 0. The van der Waals surface area contributed by atoms with Crippen LogP contribution in [-0.2, 0) is 9.63 Å².